The molecule has 0 amide bonds. The van der Waals surface area contributed by atoms with E-state index in [9.17, 15) is 18.4 Å². The lowest BCUT2D eigenvalue weighted by atomic mass is 10.1. The number of benzene rings is 1. The Bertz CT molecular complexity index is 573. The minimum atomic E-state index is -4.24. The monoisotopic (exact) mass is 298 g/mol. The molecule has 0 atom stereocenters. The number of nitriles is 1. The first-order valence-corrected chi connectivity index (χ1v) is 7.28. The molecule has 0 saturated heterocycles. The predicted octanol–water partition coefficient (Wildman–Crippen LogP) is 3.98. The van der Waals surface area contributed by atoms with Crippen molar-refractivity contribution in [2.24, 2.45) is 0 Å². The molecule has 0 aromatic heterocycles. The van der Waals surface area contributed by atoms with Gasteiger partial charge < -0.3 is 4.90 Å². The molecular formula is C14H13F3N2S. The summed E-state index contributed by atoms with van der Waals surface area (Å²) in [6.45, 7) is 0.458. The van der Waals surface area contributed by atoms with Gasteiger partial charge in [0.25, 0.3) is 0 Å². The zero-order valence-electron chi connectivity index (χ0n) is 10.9. The highest BCUT2D eigenvalue weighted by molar-refractivity contribution is 7.98. The third kappa shape index (κ3) is 2.93. The smallest absolute Gasteiger partial charge is 0.366 e. The molecule has 0 saturated carbocycles. The van der Waals surface area contributed by atoms with E-state index >= 15 is 0 Å². The SMILES string of the molecule is CSc1cccc(N2CC=C(C(F)(F)F)CC2)c1C#N. The Kier molecular flexibility index (Phi) is 4.29. The highest BCUT2D eigenvalue weighted by Gasteiger charge is 2.35. The summed E-state index contributed by atoms with van der Waals surface area (Å²) in [5, 5.41) is 9.26. The molecule has 0 aliphatic carbocycles. The van der Waals surface area contributed by atoms with Gasteiger partial charge in [0.05, 0.1) is 11.3 Å². The fourth-order valence-corrected chi connectivity index (χ4v) is 2.78. The summed E-state index contributed by atoms with van der Waals surface area (Å²) in [6, 6.07) is 7.60. The van der Waals surface area contributed by atoms with Crippen LogP contribution in [-0.2, 0) is 0 Å². The van der Waals surface area contributed by atoms with Gasteiger partial charge in [-0.25, -0.2) is 0 Å². The van der Waals surface area contributed by atoms with Crippen LogP contribution in [0.25, 0.3) is 0 Å². The van der Waals surface area contributed by atoms with Crippen molar-refractivity contribution in [3.63, 3.8) is 0 Å². The molecule has 2 rings (SSSR count). The van der Waals surface area contributed by atoms with E-state index in [1.54, 1.807) is 6.07 Å². The number of rotatable bonds is 2. The molecule has 6 heteroatoms. The van der Waals surface area contributed by atoms with E-state index in [0.29, 0.717) is 11.3 Å². The van der Waals surface area contributed by atoms with Gasteiger partial charge in [-0.15, -0.1) is 11.8 Å². The standard InChI is InChI=1S/C14H13F3N2S/c1-20-13-4-2-3-12(11(13)9-18)19-7-5-10(6-8-19)14(15,16)17/h2-5H,6-8H2,1H3. The Morgan fingerprint density at radius 1 is 1.35 bits per heavy atom. The average molecular weight is 298 g/mol. The maximum atomic E-state index is 12.6. The summed E-state index contributed by atoms with van der Waals surface area (Å²) in [6.07, 6.45) is -1.21. The Hall–Kier alpha value is -1.61. The van der Waals surface area contributed by atoms with Gasteiger partial charge in [-0.1, -0.05) is 12.1 Å². The Balaban J connectivity index is 2.28. The second kappa shape index (κ2) is 5.80. The average Bonchev–Trinajstić information content (AvgIpc) is 2.45. The van der Waals surface area contributed by atoms with Gasteiger partial charge in [0.2, 0.25) is 0 Å². The van der Waals surface area contributed by atoms with Crippen molar-refractivity contribution in [2.75, 3.05) is 24.2 Å². The Labute approximate surface area is 119 Å². The molecule has 0 fully saturated rings. The topological polar surface area (TPSA) is 27.0 Å². The van der Waals surface area contributed by atoms with Crippen LogP contribution in [0, 0.1) is 11.3 Å². The molecule has 20 heavy (non-hydrogen) atoms. The van der Waals surface area contributed by atoms with E-state index in [4.69, 9.17) is 0 Å². The van der Waals surface area contributed by atoms with E-state index in [-0.39, 0.29) is 19.5 Å². The van der Waals surface area contributed by atoms with E-state index in [1.807, 2.05) is 23.3 Å². The summed E-state index contributed by atoms with van der Waals surface area (Å²) in [7, 11) is 0. The van der Waals surface area contributed by atoms with Gasteiger partial charge >= 0.3 is 6.18 Å². The van der Waals surface area contributed by atoms with Gasteiger partial charge in [0.1, 0.15) is 6.07 Å². The molecule has 0 spiro atoms. The highest BCUT2D eigenvalue weighted by Crippen LogP contribution is 2.34. The lowest BCUT2D eigenvalue weighted by Gasteiger charge is -2.30. The fraction of sp³-hybridized carbons (Fsp3) is 0.357. The van der Waals surface area contributed by atoms with Crippen LogP contribution in [0.1, 0.15) is 12.0 Å². The van der Waals surface area contributed by atoms with Gasteiger partial charge in [0.15, 0.2) is 0 Å². The lowest BCUT2D eigenvalue weighted by Crippen LogP contribution is -2.32. The van der Waals surface area contributed by atoms with Crippen LogP contribution >= 0.6 is 11.8 Å². The first-order chi connectivity index (χ1) is 9.47. The van der Waals surface area contributed by atoms with E-state index in [0.717, 1.165) is 4.90 Å². The molecule has 0 radical (unpaired) electrons. The predicted molar refractivity (Wildman–Crippen MR) is 73.9 cm³/mol. The van der Waals surface area contributed by atoms with Crippen LogP contribution in [-0.4, -0.2) is 25.5 Å². The number of halogens is 3. The van der Waals surface area contributed by atoms with Crippen LogP contribution in [0.15, 0.2) is 34.7 Å². The zero-order valence-corrected chi connectivity index (χ0v) is 11.7. The second-order valence-corrected chi connectivity index (χ2v) is 5.24. The summed E-state index contributed by atoms with van der Waals surface area (Å²) < 4.78 is 37.8. The van der Waals surface area contributed by atoms with Crippen LogP contribution in [0.3, 0.4) is 0 Å². The molecule has 1 aliphatic heterocycles. The van der Waals surface area contributed by atoms with Crippen molar-refractivity contribution >= 4 is 17.4 Å². The molecule has 1 aromatic carbocycles. The number of nitrogens with zero attached hydrogens (tertiary/aromatic N) is 2. The lowest BCUT2D eigenvalue weighted by molar-refractivity contribution is -0.0943. The van der Waals surface area contributed by atoms with E-state index in [1.165, 1.54) is 17.8 Å². The number of hydrogen-bond donors (Lipinski definition) is 0. The van der Waals surface area contributed by atoms with Crippen LogP contribution in [0.5, 0.6) is 0 Å². The molecule has 0 bridgehead atoms. The number of hydrogen-bond acceptors (Lipinski definition) is 3. The second-order valence-electron chi connectivity index (χ2n) is 4.39. The maximum absolute atomic E-state index is 12.6. The number of thioether (sulfide) groups is 1. The van der Waals surface area contributed by atoms with Crippen molar-refractivity contribution in [2.45, 2.75) is 17.5 Å². The molecule has 106 valence electrons. The van der Waals surface area contributed by atoms with Gasteiger partial charge in [-0.2, -0.15) is 18.4 Å². The zero-order chi connectivity index (χ0) is 14.8. The maximum Gasteiger partial charge on any atom is 0.412 e. The third-order valence-corrected chi connectivity index (χ3v) is 4.03. The minimum Gasteiger partial charge on any atom is -0.366 e. The largest absolute Gasteiger partial charge is 0.412 e. The third-order valence-electron chi connectivity index (χ3n) is 3.25. The minimum absolute atomic E-state index is 0.0438. The fourth-order valence-electron chi connectivity index (χ4n) is 2.21. The van der Waals surface area contributed by atoms with E-state index < -0.39 is 11.7 Å². The molecule has 2 nitrogen and oxygen atoms in total. The molecule has 1 heterocycles. The number of alkyl halides is 3. The van der Waals surface area contributed by atoms with Gasteiger partial charge in [-0.05, 0) is 24.8 Å². The normalized spacial score (nSPS) is 15.8. The quantitative estimate of drug-likeness (QED) is 0.610. The van der Waals surface area contributed by atoms with E-state index in [2.05, 4.69) is 6.07 Å². The first-order valence-electron chi connectivity index (χ1n) is 6.05. The molecular weight excluding hydrogens is 285 g/mol. The van der Waals surface area contributed by atoms with Crippen molar-refractivity contribution < 1.29 is 13.2 Å². The van der Waals surface area contributed by atoms with Gasteiger partial charge in [-0.3, -0.25) is 0 Å². The van der Waals surface area contributed by atoms with Gasteiger partial charge in [0, 0.05) is 23.6 Å². The highest BCUT2D eigenvalue weighted by atomic mass is 32.2. The Morgan fingerprint density at radius 2 is 2.10 bits per heavy atom. The van der Waals surface area contributed by atoms with Crippen molar-refractivity contribution in [1.29, 1.82) is 5.26 Å². The van der Waals surface area contributed by atoms with Crippen LogP contribution in [0.4, 0.5) is 18.9 Å². The van der Waals surface area contributed by atoms with Crippen molar-refractivity contribution in [3.8, 4) is 6.07 Å². The Morgan fingerprint density at radius 3 is 2.60 bits per heavy atom. The summed E-state index contributed by atoms with van der Waals surface area (Å²) in [4.78, 5) is 2.66. The van der Waals surface area contributed by atoms with Crippen molar-refractivity contribution in [3.05, 3.63) is 35.4 Å². The molecule has 0 N–H and O–H groups in total. The van der Waals surface area contributed by atoms with Crippen LogP contribution in [0.2, 0.25) is 0 Å². The number of anilines is 1. The summed E-state index contributed by atoms with van der Waals surface area (Å²) in [5.74, 6) is 0. The summed E-state index contributed by atoms with van der Waals surface area (Å²) >= 11 is 1.46. The first kappa shape index (κ1) is 14.8. The van der Waals surface area contributed by atoms with Crippen molar-refractivity contribution in [1.82, 2.24) is 0 Å². The summed E-state index contributed by atoms with van der Waals surface area (Å²) in [5.41, 5.74) is 0.758. The molecule has 0 unspecified atom stereocenters. The molecule has 1 aromatic rings. The van der Waals surface area contributed by atoms with Crippen LogP contribution < -0.4 is 4.90 Å². The molecule has 1 aliphatic rings.